The second-order valence-corrected chi connectivity index (χ2v) is 8.50. The molecule has 4 rings (SSSR count). The van der Waals surface area contributed by atoms with E-state index in [1.807, 2.05) is 72.2 Å². The van der Waals surface area contributed by atoms with E-state index in [0.29, 0.717) is 11.6 Å². The van der Waals surface area contributed by atoms with Gasteiger partial charge >= 0.3 is 0 Å². The van der Waals surface area contributed by atoms with Crippen LogP contribution in [0.5, 0.6) is 0 Å². The highest BCUT2D eigenvalue weighted by Crippen LogP contribution is 2.24. The summed E-state index contributed by atoms with van der Waals surface area (Å²) < 4.78 is 2.03. The molecule has 0 fully saturated rings. The first-order valence-electron chi connectivity index (χ1n) is 9.20. The van der Waals surface area contributed by atoms with E-state index in [1.165, 1.54) is 16.6 Å². The zero-order valence-electron chi connectivity index (χ0n) is 15.9. The minimum Gasteiger partial charge on any atom is -0.325 e. The van der Waals surface area contributed by atoms with Crippen molar-refractivity contribution in [2.75, 3.05) is 11.1 Å². The third kappa shape index (κ3) is 4.93. The zero-order chi connectivity index (χ0) is 20.1. The van der Waals surface area contributed by atoms with Crippen molar-refractivity contribution in [2.45, 2.75) is 18.5 Å². The fourth-order valence-electron chi connectivity index (χ4n) is 2.88. The molecule has 5 nitrogen and oxygen atoms in total. The number of hydrogen-bond donors (Lipinski definition) is 1. The molecule has 2 heterocycles. The van der Waals surface area contributed by atoms with E-state index < -0.39 is 0 Å². The summed E-state index contributed by atoms with van der Waals surface area (Å²) in [5.41, 5.74) is 2.95. The predicted molar refractivity (Wildman–Crippen MR) is 119 cm³/mol. The Morgan fingerprint density at radius 3 is 2.55 bits per heavy atom. The number of carbonyl (C=O) groups excluding carboxylic acids is 1. The molecule has 146 valence electrons. The number of anilines is 1. The molecule has 0 saturated carbocycles. The molecule has 0 aliphatic rings. The Balaban J connectivity index is 1.51. The van der Waals surface area contributed by atoms with Crippen LogP contribution in [0.25, 0.3) is 5.69 Å². The summed E-state index contributed by atoms with van der Waals surface area (Å²) in [5, 5.41) is 14.5. The van der Waals surface area contributed by atoms with Gasteiger partial charge in [0.25, 0.3) is 0 Å². The van der Waals surface area contributed by atoms with Gasteiger partial charge < -0.3 is 5.32 Å². The van der Waals surface area contributed by atoms with Crippen LogP contribution in [0.4, 0.5) is 5.69 Å². The largest absolute Gasteiger partial charge is 0.325 e. The van der Waals surface area contributed by atoms with E-state index in [1.54, 1.807) is 11.3 Å². The molecule has 0 radical (unpaired) electrons. The number of aromatic nitrogens is 3. The smallest absolute Gasteiger partial charge is 0.234 e. The molecule has 0 unspecified atom stereocenters. The number of amides is 1. The highest BCUT2D eigenvalue weighted by atomic mass is 32.2. The first-order chi connectivity index (χ1) is 14.2. The second-order valence-electron chi connectivity index (χ2n) is 6.53. The average Bonchev–Trinajstić information content (AvgIpc) is 3.39. The van der Waals surface area contributed by atoms with E-state index in [-0.39, 0.29) is 11.7 Å². The van der Waals surface area contributed by atoms with E-state index in [0.717, 1.165) is 22.8 Å². The van der Waals surface area contributed by atoms with Gasteiger partial charge in [-0.05, 0) is 42.6 Å². The molecule has 2 aromatic carbocycles. The monoisotopic (exact) mass is 420 g/mol. The third-order valence-electron chi connectivity index (χ3n) is 4.29. The van der Waals surface area contributed by atoms with Crippen LogP contribution in [0.3, 0.4) is 0 Å². The van der Waals surface area contributed by atoms with Crippen LogP contribution in [0.15, 0.2) is 77.3 Å². The fraction of sp³-hybridized carbons (Fsp3) is 0.136. The van der Waals surface area contributed by atoms with Gasteiger partial charge in [-0.1, -0.05) is 53.7 Å². The van der Waals surface area contributed by atoms with Crippen LogP contribution in [0, 0.1) is 6.92 Å². The van der Waals surface area contributed by atoms with E-state index in [2.05, 4.69) is 27.0 Å². The number of para-hydroxylation sites is 1. The molecular weight excluding hydrogens is 400 g/mol. The lowest BCUT2D eigenvalue weighted by Crippen LogP contribution is -2.14. The first-order valence-corrected chi connectivity index (χ1v) is 11.1. The first kappa shape index (κ1) is 19.4. The average molecular weight is 421 g/mol. The Labute approximate surface area is 177 Å². The van der Waals surface area contributed by atoms with E-state index in [9.17, 15) is 4.79 Å². The van der Waals surface area contributed by atoms with Crippen molar-refractivity contribution >= 4 is 34.7 Å². The molecule has 0 atom stereocenters. The zero-order valence-corrected chi connectivity index (χ0v) is 17.5. The van der Waals surface area contributed by atoms with Crippen molar-refractivity contribution in [3.05, 3.63) is 88.4 Å². The van der Waals surface area contributed by atoms with Crippen molar-refractivity contribution in [3.8, 4) is 5.69 Å². The molecule has 0 saturated heterocycles. The molecule has 4 aromatic rings. The van der Waals surface area contributed by atoms with Gasteiger partial charge in [0.2, 0.25) is 5.91 Å². The summed E-state index contributed by atoms with van der Waals surface area (Å²) in [4.78, 5) is 13.6. The SMILES string of the molecule is Cc1ccc(NC(=O)CSc2nnc(Cc3cccs3)n2-c2ccccc2)cc1. The van der Waals surface area contributed by atoms with Gasteiger partial charge in [-0.3, -0.25) is 9.36 Å². The topological polar surface area (TPSA) is 59.8 Å². The van der Waals surface area contributed by atoms with Crippen molar-refractivity contribution in [3.63, 3.8) is 0 Å². The summed E-state index contributed by atoms with van der Waals surface area (Å²) in [6.07, 6.45) is 0.704. The molecule has 0 bridgehead atoms. The predicted octanol–water partition coefficient (Wildman–Crippen LogP) is 4.96. The number of nitrogens with one attached hydrogen (secondary N) is 1. The Morgan fingerprint density at radius 1 is 1.03 bits per heavy atom. The quantitative estimate of drug-likeness (QED) is 0.429. The Hall–Kier alpha value is -2.90. The van der Waals surface area contributed by atoms with Crippen LogP contribution >= 0.6 is 23.1 Å². The molecule has 0 aliphatic heterocycles. The maximum atomic E-state index is 12.4. The molecular formula is C22H20N4OS2. The van der Waals surface area contributed by atoms with Crippen LogP contribution in [0.2, 0.25) is 0 Å². The lowest BCUT2D eigenvalue weighted by atomic mass is 10.2. The summed E-state index contributed by atoms with van der Waals surface area (Å²) in [6.45, 7) is 2.02. The van der Waals surface area contributed by atoms with Crippen LogP contribution in [0.1, 0.15) is 16.3 Å². The highest BCUT2D eigenvalue weighted by molar-refractivity contribution is 7.99. The van der Waals surface area contributed by atoms with Gasteiger partial charge in [-0.25, -0.2) is 0 Å². The van der Waals surface area contributed by atoms with Crippen LogP contribution < -0.4 is 5.32 Å². The molecule has 2 aromatic heterocycles. The van der Waals surface area contributed by atoms with Crippen LogP contribution in [-0.4, -0.2) is 26.4 Å². The molecule has 1 amide bonds. The molecule has 29 heavy (non-hydrogen) atoms. The summed E-state index contributed by atoms with van der Waals surface area (Å²) in [5.74, 6) is 1.05. The maximum absolute atomic E-state index is 12.4. The number of benzene rings is 2. The Morgan fingerprint density at radius 2 is 1.83 bits per heavy atom. The molecule has 0 aliphatic carbocycles. The number of hydrogen-bond acceptors (Lipinski definition) is 5. The summed E-state index contributed by atoms with van der Waals surface area (Å²) in [6, 6.07) is 21.9. The van der Waals surface area contributed by atoms with Gasteiger partial charge in [-0.15, -0.1) is 21.5 Å². The van der Waals surface area contributed by atoms with Crippen molar-refractivity contribution < 1.29 is 4.79 Å². The molecule has 0 spiro atoms. The Bertz CT molecular complexity index is 1070. The van der Waals surface area contributed by atoms with E-state index in [4.69, 9.17) is 0 Å². The lowest BCUT2D eigenvalue weighted by molar-refractivity contribution is -0.113. The molecule has 7 heteroatoms. The minimum atomic E-state index is -0.0683. The van der Waals surface area contributed by atoms with Gasteiger partial charge in [-0.2, -0.15) is 0 Å². The van der Waals surface area contributed by atoms with E-state index >= 15 is 0 Å². The highest BCUT2D eigenvalue weighted by Gasteiger charge is 2.16. The number of rotatable bonds is 7. The number of carbonyl (C=O) groups is 1. The van der Waals surface area contributed by atoms with Crippen LogP contribution in [-0.2, 0) is 11.2 Å². The number of aryl methyl sites for hydroxylation is 1. The number of nitrogens with zero attached hydrogens (tertiary/aromatic N) is 3. The fourth-order valence-corrected chi connectivity index (χ4v) is 4.35. The second kappa shape index (κ2) is 9.07. The third-order valence-corrected chi connectivity index (χ3v) is 6.10. The Kier molecular flexibility index (Phi) is 6.07. The van der Waals surface area contributed by atoms with Gasteiger partial charge in [0.1, 0.15) is 5.82 Å². The maximum Gasteiger partial charge on any atom is 0.234 e. The molecule has 1 N–H and O–H groups in total. The van der Waals surface area contributed by atoms with Crippen molar-refractivity contribution in [2.24, 2.45) is 0 Å². The summed E-state index contributed by atoms with van der Waals surface area (Å²) in [7, 11) is 0. The lowest BCUT2D eigenvalue weighted by Gasteiger charge is -2.10. The van der Waals surface area contributed by atoms with Crippen molar-refractivity contribution in [1.82, 2.24) is 14.8 Å². The standard InChI is InChI=1S/C22H20N4OS2/c1-16-9-11-17(12-10-16)23-21(27)15-29-22-25-24-20(14-19-8-5-13-28-19)26(22)18-6-3-2-4-7-18/h2-13H,14-15H2,1H3,(H,23,27). The minimum absolute atomic E-state index is 0.0683. The van der Waals surface area contributed by atoms with Crippen molar-refractivity contribution in [1.29, 1.82) is 0 Å². The number of thiophene rings is 1. The van der Waals surface area contributed by atoms with Gasteiger partial charge in [0.15, 0.2) is 5.16 Å². The summed E-state index contributed by atoms with van der Waals surface area (Å²) >= 11 is 3.09. The van der Waals surface area contributed by atoms with Gasteiger partial charge in [0.05, 0.1) is 5.75 Å². The number of thioether (sulfide) groups is 1. The normalized spacial score (nSPS) is 10.8. The van der Waals surface area contributed by atoms with Gasteiger partial charge in [0, 0.05) is 22.7 Å².